The second-order valence-electron chi connectivity index (χ2n) is 6.04. The van der Waals surface area contributed by atoms with E-state index in [-0.39, 0.29) is 18.2 Å². The first-order valence-electron chi connectivity index (χ1n) is 7.38. The molecule has 1 saturated heterocycles. The van der Waals surface area contributed by atoms with Crippen LogP contribution < -0.4 is 5.32 Å². The predicted molar refractivity (Wildman–Crippen MR) is 84.5 cm³/mol. The van der Waals surface area contributed by atoms with Crippen molar-refractivity contribution in [3.63, 3.8) is 0 Å². The molecule has 116 valence electrons. The number of nitrogens with zero attached hydrogens (tertiary/aromatic N) is 2. The maximum atomic E-state index is 12.0. The summed E-state index contributed by atoms with van der Waals surface area (Å²) in [5.41, 5.74) is 1.88. The number of rotatable bonds is 3. The summed E-state index contributed by atoms with van der Waals surface area (Å²) in [6, 6.07) is 8.12. The van der Waals surface area contributed by atoms with E-state index in [0.29, 0.717) is 13.1 Å². The van der Waals surface area contributed by atoms with Gasteiger partial charge in [-0.05, 0) is 31.4 Å². The summed E-state index contributed by atoms with van der Waals surface area (Å²) in [7, 11) is 3.53. The number of anilines is 1. The van der Waals surface area contributed by atoms with Gasteiger partial charge in [0.15, 0.2) is 0 Å². The van der Waals surface area contributed by atoms with E-state index in [9.17, 15) is 9.90 Å². The zero-order valence-electron chi connectivity index (χ0n) is 13.1. The lowest BCUT2D eigenvalue weighted by Crippen LogP contribution is -2.54. The molecule has 0 radical (unpaired) electrons. The Morgan fingerprint density at radius 3 is 2.48 bits per heavy atom. The molecule has 1 fully saturated rings. The normalized spacial score (nSPS) is 17.4. The minimum atomic E-state index is -0.338. The molecule has 0 aromatic heterocycles. The number of likely N-dealkylation sites (tertiary alicyclic amines) is 1. The molecule has 21 heavy (non-hydrogen) atoms. The summed E-state index contributed by atoms with van der Waals surface area (Å²) in [6.45, 7) is 3.45. The fourth-order valence-corrected chi connectivity index (χ4v) is 2.73. The minimum absolute atomic E-state index is 0.0393. The lowest BCUT2D eigenvalue weighted by Gasteiger charge is -2.42. The van der Waals surface area contributed by atoms with Crippen LogP contribution in [-0.4, -0.2) is 60.3 Å². The van der Waals surface area contributed by atoms with E-state index in [0.717, 1.165) is 24.1 Å². The fourth-order valence-electron chi connectivity index (χ4n) is 2.73. The van der Waals surface area contributed by atoms with Crippen molar-refractivity contribution in [1.29, 1.82) is 0 Å². The Balaban J connectivity index is 2.05. The zero-order chi connectivity index (χ0) is 15.5. The molecule has 0 unspecified atom stereocenters. The van der Waals surface area contributed by atoms with E-state index in [1.165, 1.54) is 0 Å². The molecule has 5 nitrogen and oxygen atoms in total. The van der Waals surface area contributed by atoms with Crippen molar-refractivity contribution in [3.05, 3.63) is 29.8 Å². The predicted octanol–water partition coefficient (Wildman–Crippen LogP) is 1.92. The van der Waals surface area contributed by atoms with E-state index >= 15 is 0 Å². The quantitative estimate of drug-likeness (QED) is 0.894. The van der Waals surface area contributed by atoms with Crippen LogP contribution >= 0.6 is 0 Å². The van der Waals surface area contributed by atoms with E-state index in [1.807, 2.05) is 23.1 Å². The van der Waals surface area contributed by atoms with Crippen LogP contribution in [0.2, 0.25) is 0 Å². The molecule has 0 bridgehead atoms. The monoisotopic (exact) mass is 291 g/mol. The SMILES string of the molecule is Cc1ccccc1NC1(CO)CCN(C(=O)N(C)C)CC1. The number of aryl methyl sites for hydroxylation is 1. The first-order valence-corrected chi connectivity index (χ1v) is 7.38. The van der Waals surface area contributed by atoms with E-state index in [2.05, 4.69) is 18.3 Å². The zero-order valence-corrected chi connectivity index (χ0v) is 13.1. The number of para-hydroxylation sites is 1. The van der Waals surface area contributed by atoms with Gasteiger partial charge in [-0.15, -0.1) is 0 Å². The number of aliphatic hydroxyl groups is 1. The topological polar surface area (TPSA) is 55.8 Å². The highest BCUT2D eigenvalue weighted by molar-refractivity contribution is 5.74. The molecular weight excluding hydrogens is 266 g/mol. The van der Waals surface area contributed by atoms with Crippen LogP contribution in [0.3, 0.4) is 0 Å². The summed E-state index contributed by atoms with van der Waals surface area (Å²) in [4.78, 5) is 15.4. The molecule has 0 spiro atoms. The first kappa shape index (κ1) is 15.6. The van der Waals surface area contributed by atoms with Crippen LogP contribution in [0.4, 0.5) is 10.5 Å². The number of piperidine rings is 1. The molecule has 1 aliphatic heterocycles. The number of carbonyl (C=O) groups is 1. The molecule has 2 N–H and O–H groups in total. The molecule has 1 heterocycles. The molecular formula is C16H25N3O2. The molecule has 0 aliphatic carbocycles. The van der Waals surface area contributed by atoms with Gasteiger partial charge < -0.3 is 20.2 Å². The van der Waals surface area contributed by atoms with Gasteiger partial charge in [-0.2, -0.15) is 0 Å². The smallest absolute Gasteiger partial charge is 0.319 e. The van der Waals surface area contributed by atoms with E-state index < -0.39 is 0 Å². The second-order valence-corrected chi connectivity index (χ2v) is 6.04. The Bertz CT molecular complexity index is 494. The third-order valence-electron chi connectivity index (χ3n) is 4.22. The average Bonchev–Trinajstić information content (AvgIpc) is 2.49. The lowest BCUT2D eigenvalue weighted by molar-refractivity contribution is 0.115. The van der Waals surface area contributed by atoms with Crippen molar-refractivity contribution in [2.24, 2.45) is 0 Å². The van der Waals surface area contributed by atoms with Crippen molar-refractivity contribution in [2.45, 2.75) is 25.3 Å². The highest BCUT2D eigenvalue weighted by Crippen LogP contribution is 2.28. The van der Waals surface area contributed by atoms with Gasteiger partial charge in [0.05, 0.1) is 12.1 Å². The van der Waals surface area contributed by atoms with E-state index in [4.69, 9.17) is 0 Å². The first-order chi connectivity index (χ1) is 9.97. The number of aliphatic hydroxyl groups excluding tert-OH is 1. The standard InChI is InChI=1S/C16H25N3O2/c1-13-6-4-5-7-14(13)17-16(12-20)8-10-19(11-9-16)15(21)18(2)3/h4-7,17,20H,8-12H2,1-3H3. The van der Waals surface area contributed by atoms with Gasteiger partial charge in [-0.1, -0.05) is 18.2 Å². The second kappa shape index (κ2) is 6.35. The Morgan fingerprint density at radius 1 is 1.33 bits per heavy atom. The van der Waals surface area contributed by atoms with Crippen LogP contribution in [0.5, 0.6) is 0 Å². The van der Waals surface area contributed by atoms with Crippen LogP contribution in [-0.2, 0) is 0 Å². The molecule has 2 rings (SSSR count). The van der Waals surface area contributed by atoms with Gasteiger partial charge in [-0.25, -0.2) is 4.79 Å². The number of nitrogens with one attached hydrogen (secondary N) is 1. The average molecular weight is 291 g/mol. The van der Waals surface area contributed by atoms with Gasteiger partial charge in [-0.3, -0.25) is 0 Å². The maximum absolute atomic E-state index is 12.0. The van der Waals surface area contributed by atoms with Crippen LogP contribution in [0.1, 0.15) is 18.4 Å². The Hall–Kier alpha value is -1.75. The van der Waals surface area contributed by atoms with Crippen LogP contribution in [0, 0.1) is 6.92 Å². The van der Waals surface area contributed by atoms with Crippen molar-refractivity contribution in [2.75, 3.05) is 39.1 Å². The van der Waals surface area contributed by atoms with Crippen molar-refractivity contribution in [1.82, 2.24) is 9.80 Å². The fraction of sp³-hybridized carbons (Fsp3) is 0.562. The summed E-state index contributed by atoms with van der Waals surface area (Å²) in [5, 5.41) is 13.4. The maximum Gasteiger partial charge on any atom is 0.319 e. The number of benzene rings is 1. The number of hydrogen-bond donors (Lipinski definition) is 2. The summed E-state index contributed by atoms with van der Waals surface area (Å²) < 4.78 is 0. The number of urea groups is 1. The third kappa shape index (κ3) is 3.47. The molecule has 1 aromatic rings. The van der Waals surface area contributed by atoms with Gasteiger partial charge in [0.2, 0.25) is 0 Å². The van der Waals surface area contributed by atoms with Gasteiger partial charge in [0, 0.05) is 32.9 Å². The van der Waals surface area contributed by atoms with Crippen LogP contribution in [0.15, 0.2) is 24.3 Å². The summed E-state index contributed by atoms with van der Waals surface area (Å²) in [5.74, 6) is 0. The Labute approximate surface area is 126 Å². The molecule has 2 amide bonds. The van der Waals surface area contributed by atoms with Gasteiger partial charge in [0.25, 0.3) is 0 Å². The number of carbonyl (C=O) groups excluding carboxylic acids is 1. The highest BCUT2D eigenvalue weighted by Gasteiger charge is 2.36. The van der Waals surface area contributed by atoms with Crippen LogP contribution in [0.25, 0.3) is 0 Å². The molecule has 1 aliphatic rings. The molecule has 0 saturated carbocycles. The van der Waals surface area contributed by atoms with Crippen molar-refractivity contribution >= 4 is 11.7 Å². The van der Waals surface area contributed by atoms with Gasteiger partial charge >= 0.3 is 6.03 Å². The minimum Gasteiger partial charge on any atom is -0.394 e. The molecule has 0 atom stereocenters. The molecule has 1 aromatic carbocycles. The van der Waals surface area contributed by atoms with Gasteiger partial charge in [0.1, 0.15) is 0 Å². The van der Waals surface area contributed by atoms with E-state index in [1.54, 1.807) is 19.0 Å². The summed E-state index contributed by atoms with van der Waals surface area (Å²) in [6.07, 6.45) is 1.49. The Morgan fingerprint density at radius 2 is 1.95 bits per heavy atom. The lowest BCUT2D eigenvalue weighted by atomic mass is 9.87. The highest BCUT2D eigenvalue weighted by atomic mass is 16.3. The molecule has 5 heteroatoms. The third-order valence-corrected chi connectivity index (χ3v) is 4.22. The van der Waals surface area contributed by atoms with Crippen molar-refractivity contribution in [3.8, 4) is 0 Å². The number of amides is 2. The number of hydrogen-bond acceptors (Lipinski definition) is 3. The summed E-state index contributed by atoms with van der Waals surface area (Å²) >= 11 is 0. The Kier molecular flexibility index (Phi) is 4.73. The van der Waals surface area contributed by atoms with Crippen molar-refractivity contribution < 1.29 is 9.90 Å². The largest absolute Gasteiger partial charge is 0.394 e.